The number of rotatable bonds is 2. The third-order valence-corrected chi connectivity index (χ3v) is 6.19. The van der Waals surface area contributed by atoms with E-state index < -0.39 is 5.60 Å². The molecule has 1 aromatic carbocycles. The first-order valence-corrected chi connectivity index (χ1v) is 8.47. The van der Waals surface area contributed by atoms with Gasteiger partial charge in [0.25, 0.3) is 0 Å². The van der Waals surface area contributed by atoms with Crippen molar-refractivity contribution in [3.05, 3.63) is 33.8 Å². The Hall–Kier alpha value is -0.380. The van der Waals surface area contributed by atoms with Crippen LogP contribution in [-0.2, 0) is 12.8 Å². The molecular weight excluding hydrogens is 314 g/mol. The summed E-state index contributed by atoms with van der Waals surface area (Å²) in [5.41, 5.74) is 8.11. The molecule has 0 radical (unpaired) electrons. The van der Waals surface area contributed by atoms with Gasteiger partial charge in [-0.25, -0.2) is 0 Å². The second kappa shape index (κ2) is 5.11. The van der Waals surface area contributed by atoms with Crippen LogP contribution in [0.3, 0.4) is 0 Å². The molecule has 0 heterocycles. The van der Waals surface area contributed by atoms with Crippen molar-refractivity contribution < 1.29 is 5.11 Å². The predicted octanol–water partition coefficient (Wildman–Crippen LogP) is 3.43. The molecule has 2 aliphatic carbocycles. The minimum atomic E-state index is -0.618. The number of benzene rings is 1. The fourth-order valence-electron chi connectivity index (χ4n) is 4.39. The summed E-state index contributed by atoms with van der Waals surface area (Å²) in [7, 11) is 0. The van der Waals surface area contributed by atoms with Gasteiger partial charge in [-0.2, -0.15) is 0 Å². The lowest BCUT2D eigenvalue weighted by Gasteiger charge is -2.47. The normalized spacial score (nSPS) is 36.9. The van der Waals surface area contributed by atoms with E-state index in [1.54, 1.807) is 0 Å². The summed E-state index contributed by atoms with van der Waals surface area (Å²) in [5, 5.41) is 11.4. The van der Waals surface area contributed by atoms with Gasteiger partial charge in [0.2, 0.25) is 0 Å². The molecule has 3 heteroatoms. The third-order valence-electron chi connectivity index (χ3n) is 5.69. The minimum Gasteiger partial charge on any atom is -0.389 e. The van der Waals surface area contributed by atoms with Crippen molar-refractivity contribution in [2.45, 2.75) is 51.0 Å². The van der Waals surface area contributed by atoms with Gasteiger partial charge in [0.15, 0.2) is 0 Å². The van der Waals surface area contributed by atoms with Gasteiger partial charge in [-0.1, -0.05) is 35.3 Å². The SMILES string of the molecule is CC1CCC(CN)(C2(O)CCc3cc(Br)ccc3C2)C1. The highest BCUT2D eigenvalue weighted by atomic mass is 79.9. The molecule has 0 amide bonds. The van der Waals surface area contributed by atoms with Crippen molar-refractivity contribution in [2.24, 2.45) is 17.1 Å². The fraction of sp³-hybridized carbons (Fsp3) is 0.647. The van der Waals surface area contributed by atoms with Gasteiger partial charge in [-0.3, -0.25) is 0 Å². The molecule has 0 aromatic heterocycles. The molecule has 0 bridgehead atoms. The summed E-state index contributed by atoms with van der Waals surface area (Å²) in [5.74, 6) is 0.689. The molecule has 1 aromatic rings. The summed E-state index contributed by atoms with van der Waals surface area (Å²) >= 11 is 3.53. The zero-order valence-electron chi connectivity index (χ0n) is 12.2. The smallest absolute Gasteiger partial charge is 0.0759 e. The maximum absolute atomic E-state index is 11.4. The number of aryl methyl sites for hydroxylation is 1. The number of aliphatic hydroxyl groups is 1. The Bertz CT molecular complexity index is 518. The van der Waals surface area contributed by atoms with E-state index in [0.29, 0.717) is 12.5 Å². The van der Waals surface area contributed by atoms with Crippen molar-refractivity contribution in [1.82, 2.24) is 0 Å². The Kier molecular flexibility index (Phi) is 3.72. The first-order valence-electron chi connectivity index (χ1n) is 7.68. The average Bonchev–Trinajstić information content (AvgIpc) is 2.83. The summed E-state index contributed by atoms with van der Waals surface area (Å²) in [4.78, 5) is 0. The molecule has 2 nitrogen and oxygen atoms in total. The first kappa shape index (κ1) is 14.6. The predicted molar refractivity (Wildman–Crippen MR) is 85.6 cm³/mol. The molecule has 0 aliphatic heterocycles. The largest absolute Gasteiger partial charge is 0.389 e. The van der Waals surface area contributed by atoms with Gasteiger partial charge in [0, 0.05) is 22.9 Å². The third kappa shape index (κ3) is 2.24. The molecular formula is C17H24BrNO. The summed E-state index contributed by atoms with van der Waals surface area (Å²) in [6.45, 7) is 2.90. The van der Waals surface area contributed by atoms with Gasteiger partial charge in [-0.05, 0) is 54.9 Å². The Labute approximate surface area is 129 Å². The average molecular weight is 338 g/mol. The Morgan fingerprint density at radius 3 is 2.80 bits per heavy atom. The number of nitrogens with two attached hydrogens (primary N) is 1. The van der Waals surface area contributed by atoms with Crippen LogP contribution >= 0.6 is 15.9 Å². The molecule has 20 heavy (non-hydrogen) atoms. The Morgan fingerprint density at radius 1 is 1.35 bits per heavy atom. The van der Waals surface area contributed by atoms with Crippen LogP contribution in [0.25, 0.3) is 0 Å². The molecule has 3 rings (SSSR count). The molecule has 1 fully saturated rings. The number of halogens is 1. The summed E-state index contributed by atoms with van der Waals surface area (Å²) in [6, 6.07) is 6.43. The first-order chi connectivity index (χ1) is 9.48. The highest BCUT2D eigenvalue weighted by Crippen LogP contribution is 2.52. The zero-order valence-corrected chi connectivity index (χ0v) is 13.7. The van der Waals surface area contributed by atoms with E-state index >= 15 is 0 Å². The molecule has 1 saturated carbocycles. The van der Waals surface area contributed by atoms with E-state index in [-0.39, 0.29) is 5.41 Å². The van der Waals surface area contributed by atoms with Crippen LogP contribution in [0, 0.1) is 11.3 Å². The van der Waals surface area contributed by atoms with Crippen LogP contribution in [-0.4, -0.2) is 17.3 Å². The Balaban J connectivity index is 1.92. The lowest BCUT2D eigenvalue weighted by molar-refractivity contribution is -0.0894. The maximum Gasteiger partial charge on any atom is 0.0759 e. The van der Waals surface area contributed by atoms with E-state index in [1.807, 2.05) is 0 Å². The number of fused-ring (bicyclic) bond motifs is 1. The highest BCUT2D eigenvalue weighted by Gasteiger charge is 2.53. The van der Waals surface area contributed by atoms with E-state index in [4.69, 9.17) is 5.73 Å². The van der Waals surface area contributed by atoms with Crippen molar-refractivity contribution in [1.29, 1.82) is 0 Å². The number of hydrogen-bond acceptors (Lipinski definition) is 2. The molecule has 2 aliphatic rings. The standard InChI is InChI=1S/C17H24BrNO/c1-12-4-6-16(9-12,11-19)17(20)7-5-13-8-15(18)3-2-14(13)10-17/h2-3,8,12,20H,4-7,9-11,19H2,1H3. The van der Waals surface area contributed by atoms with E-state index in [9.17, 15) is 5.11 Å². The van der Waals surface area contributed by atoms with Gasteiger partial charge in [-0.15, -0.1) is 0 Å². The second-order valence-electron chi connectivity index (χ2n) is 6.95. The summed E-state index contributed by atoms with van der Waals surface area (Å²) in [6.07, 6.45) is 5.92. The van der Waals surface area contributed by atoms with Gasteiger partial charge >= 0.3 is 0 Å². The monoisotopic (exact) mass is 337 g/mol. The lowest BCUT2D eigenvalue weighted by Crippen LogP contribution is -2.54. The van der Waals surface area contributed by atoms with Gasteiger partial charge < -0.3 is 10.8 Å². The van der Waals surface area contributed by atoms with E-state index in [0.717, 1.165) is 36.6 Å². The maximum atomic E-state index is 11.4. The minimum absolute atomic E-state index is 0.0722. The second-order valence-corrected chi connectivity index (χ2v) is 7.87. The topological polar surface area (TPSA) is 46.2 Å². The highest BCUT2D eigenvalue weighted by molar-refractivity contribution is 9.10. The van der Waals surface area contributed by atoms with Crippen molar-refractivity contribution in [2.75, 3.05) is 6.54 Å². The van der Waals surface area contributed by atoms with Crippen molar-refractivity contribution in [3.63, 3.8) is 0 Å². The van der Waals surface area contributed by atoms with E-state index in [1.165, 1.54) is 17.5 Å². The quantitative estimate of drug-likeness (QED) is 0.868. The van der Waals surface area contributed by atoms with Gasteiger partial charge in [0.1, 0.15) is 0 Å². The van der Waals surface area contributed by atoms with Crippen LogP contribution in [0.4, 0.5) is 0 Å². The Morgan fingerprint density at radius 2 is 2.15 bits per heavy atom. The molecule has 3 atom stereocenters. The lowest BCUT2D eigenvalue weighted by atomic mass is 9.62. The van der Waals surface area contributed by atoms with E-state index in [2.05, 4.69) is 41.1 Å². The van der Waals surface area contributed by atoms with Crippen LogP contribution in [0.15, 0.2) is 22.7 Å². The number of hydrogen-bond donors (Lipinski definition) is 2. The van der Waals surface area contributed by atoms with Crippen molar-refractivity contribution >= 4 is 15.9 Å². The zero-order chi connectivity index (χ0) is 14.4. The van der Waals surface area contributed by atoms with Gasteiger partial charge in [0.05, 0.1) is 5.60 Å². The fourth-order valence-corrected chi connectivity index (χ4v) is 4.80. The van der Waals surface area contributed by atoms with Crippen LogP contribution in [0.1, 0.15) is 43.7 Å². The molecule has 0 spiro atoms. The summed E-state index contributed by atoms with van der Waals surface area (Å²) < 4.78 is 1.13. The van der Waals surface area contributed by atoms with Crippen LogP contribution in [0.2, 0.25) is 0 Å². The molecule has 3 unspecified atom stereocenters. The molecule has 0 saturated heterocycles. The molecule has 3 N–H and O–H groups in total. The molecule has 110 valence electrons. The van der Waals surface area contributed by atoms with Crippen LogP contribution in [0.5, 0.6) is 0 Å². The van der Waals surface area contributed by atoms with Crippen molar-refractivity contribution in [3.8, 4) is 0 Å². The van der Waals surface area contributed by atoms with Crippen LogP contribution < -0.4 is 5.73 Å².